The number of aromatic nitrogens is 2. The molecular formula is C24H22N4O3S2. The van der Waals surface area contributed by atoms with E-state index in [1.807, 2.05) is 66.9 Å². The number of aryl methyl sites for hydroxylation is 1. The Kier molecular flexibility index (Phi) is 7.11. The van der Waals surface area contributed by atoms with Crippen molar-refractivity contribution in [2.24, 2.45) is 0 Å². The van der Waals surface area contributed by atoms with Crippen LogP contribution in [-0.2, 0) is 11.2 Å². The molecule has 0 aliphatic heterocycles. The third kappa shape index (κ3) is 5.44. The van der Waals surface area contributed by atoms with Crippen LogP contribution in [-0.4, -0.2) is 28.4 Å². The van der Waals surface area contributed by atoms with Crippen LogP contribution in [0.2, 0.25) is 0 Å². The maximum Gasteiger partial charge on any atom is 0.281 e. The molecule has 0 spiro atoms. The Balaban J connectivity index is 1.36. The number of amides is 2. The largest absolute Gasteiger partial charge is 0.493 e. The van der Waals surface area contributed by atoms with Crippen LogP contribution >= 0.6 is 22.7 Å². The van der Waals surface area contributed by atoms with Gasteiger partial charge in [0.25, 0.3) is 5.91 Å². The SMILES string of the molecule is CCOc1ccccc1-c1nc(CC(=O)NNC(=O)c2sc(-c3ccccc3)nc2C)cs1. The molecule has 0 aliphatic carbocycles. The quantitative estimate of drug-likeness (QED) is 0.377. The van der Waals surface area contributed by atoms with Crippen molar-refractivity contribution in [3.63, 3.8) is 0 Å². The average molecular weight is 479 g/mol. The van der Waals surface area contributed by atoms with Gasteiger partial charge in [-0.3, -0.25) is 20.4 Å². The van der Waals surface area contributed by atoms with E-state index in [1.165, 1.54) is 22.7 Å². The van der Waals surface area contributed by atoms with Gasteiger partial charge in [-0.25, -0.2) is 9.97 Å². The number of rotatable bonds is 7. The molecule has 4 aromatic rings. The maximum absolute atomic E-state index is 12.6. The number of hydrazine groups is 1. The minimum atomic E-state index is -0.398. The Morgan fingerprint density at radius 2 is 1.73 bits per heavy atom. The summed E-state index contributed by atoms with van der Waals surface area (Å²) in [4.78, 5) is 34.4. The number of nitrogens with zero attached hydrogens (tertiary/aromatic N) is 2. The minimum Gasteiger partial charge on any atom is -0.493 e. The van der Waals surface area contributed by atoms with Crippen molar-refractivity contribution in [2.45, 2.75) is 20.3 Å². The van der Waals surface area contributed by atoms with Crippen molar-refractivity contribution >= 4 is 34.5 Å². The van der Waals surface area contributed by atoms with E-state index in [1.54, 1.807) is 6.92 Å². The first-order valence-electron chi connectivity index (χ1n) is 10.3. The van der Waals surface area contributed by atoms with Crippen LogP contribution in [0, 0.1) is 6.92 Å². The molecule has 33 heavy (non-hydrogen) atoms. The molecule has 168 valence electrons. The van der Waals surface area contributed by atoms with E-state index < -0.39 is 5.91 Å². The van der Waals surface area contributed by atoms with Crippen LogP contribution < -0.4 is 15.6 Å². The summed E-state index contributed by atoms with van der Waals surface area (Å²) in [5, 5.41) is 3.37. The average Bonchev–Trinajstić information content (AvgIpc) is 3.45. The maximum atomic E-state index is 12.6. The van der Waals surface area contributed by atoms with Crippen molar-refractivity contribution in [2.75, 3.05) is 6.61 Å². The number of para-hydroxylation sites is 1. The van der Waals surface area contributed by atoms with E-state index in [9.17, 15) is 9.59 Å². The van der Waals surface area contributed by atoms with E-state index in [0.29, 0.717) is 22.9 Å². The second-order valence-corrected chi connectivity index (χ2v) is 8.91. The number of ether oxygens (including phenoxy) is 1. The highest BCUT2D eigenvalue weighted by Gasteiger charge is 2.17. The zero-order chi connectivity index (χ0) is 23.2. The van der Waals surface area contributed by atoms with Crippen molar-refractivity contribution in [3.05, 3.63) is 76.2 Å². The van der Waals surface area contributed by atoms with Gasteiger partial charge in [-0.2, -0.15) is 0 Å². The zero-order valence-electron chi connectivity index (χ0n) is 18.1. The van der Waals surface area contributed by atoms with Gasteiger partial charge in [0.05, 0.1) is 30.0 Å². The molecule has 2 aromatic carbocycles. The first-order valence-corrected chi connectivity index (χ1v) is 12.0. The standard InChI is InChI=1S/C24H22N4O3S2/c1-3-31-19-12-8-7-11-18(19)24-26-17(14-32-24)13-20(29)27-28-22(30)21-15(2)25-23(33-21)16-9-5-4-6-10-16/h4-12,14H,3,13H2,1-2H3,(H,27,29)(H,28,30). The lowest BCUT2D eigenvalue weighted by Crippen LogP contribution is -2.42. The molecule has 2 N–H and O–H groups in total. The topological polar surface area (TPSA) is 93.2 Å². The number of hydrogen-bond acceptors (Lipinski definition) is 7. The van der Waals surface area contributed by atoms with Crippen LogP contribution in [0.25, 0.3) is 21.1 Å². The van der Waals surface area contributed by atoms with Gasteiger partial charge in [0.15, 0.2) is 0 Å². The monoisotopic (exact) mass is 478 g/mol. The van der Waals surface area contributed by atoms with E-state index >= 15 is 0 Å². The fourth-order valence-corrected chi connectivity index (χ4v) is 4.96. The lowest BCUT2D eigenvalue weighted by Gasteiger charge is -2.07. The number of carbonyl (C=O) groups excluding carboxylic acids is 2. The molecule has 0 fully saturated rings. The van der Waals surface area contributed by atoms with Gasteiger partial charge in [-0.15, -0.1) is 22.7 Å². The third-order valence-electron chi connectivity index (χ3n) is 4.65. The van der Waals surface area contributed by atoms with Crippen molar-refractivity contribution in [1.82, 2.24) is 20.8 Å². The van der Waals surface area contributed by atoms with Gasteiger partial charge in [-0.05, 0) is 26.0 Å². The second kappa shape index (κ2) is 10.4. The summed E-state index contributed by atoms with van der Waals surface area (Å²) in [6, 6.07) is 17.3. The second-order valence-electron chi connectivity index (χ2n) is 7.05. The summed E-state index contributed by atoms with van der Waals surface area (Å²) in [5.74, 6) is 0.00120. The van der Waals surface area contributed by atoms with Crippen molar-refractivity contribution < 1.29 is 14.3 Å². The Bertz CT molecular complexity index is 1270. The number of nitrogens with one attached hydrogen (secondary N) is 2. The number of carbonyl (C=O) groups is 2. The molecule has 2 heterocycles. The third-order valence-corrected chi connectivity index (χ3v) is 6.78. The Labute approximate surface area is 199 Å². The van der Waals surface area contributed by atoms with Crippen molar-refractivity contribution in [1.29, 1.82) is 0 Å². The summed E-state index contributed by atoms with van der Waals surface area (Å²) in [5.41, 5.74) is 8.01. The summed E-state index contributed by atoms with van der Waals surface area (Å²) >= 11 is 2.73. The number of hydrogen-bond donors (Lipinski definition) is 2. The number of benzene rings is 2. The van der Waals surface area contributed by atoms with Crippen LogP contribution in [0.1, 0.15) is 28.0 Å². The molecule has 9 heteroatoms. The Morgan fingerprint density at radius 1 is 0.970 bits per heavy atom. The predicted molar refractivity (Wildman–Crippen MR) is 130 cm³/mol. The highest BCUT2D eigenvalue weighted by Crippen LogP contribution is 2.32. The summed E-state index contributed by atoms with van der Waals surface area (Å²) in [6.45, 7) is 4.26. The first-order chi connectivity index (χ1) is 16.0. The van der Waals surface area contributed by atoms with Gasteiger partial charge in [0, 0.05) is 10.9 Å². The highest BCUT2D eigenvalue weighted by molar-refractivity contribution is 7.17. The molecular weight excluding hydrogens is 456 g/mol. The molecule has 0 atom stereocenters. The predicted octanol–water partition coefficient (Wildman–Crippen LogP) is 4.64. The van der Waals surface area contributed by atoms with Crippen LogP contribution in [0.5, 0.6) is 5.75 Å². The summed E-state index contributed by atoms with van der Waals surface area (Å²) in [7, 11) is 0. The van der Waals surface area contributed by atoms with Crippen molar-refractivity contribution in [3.8, 4) is 26.9 Å². The molecule has 7 nitrogen and oxygen atoms in total. The normalized spacial score (nSPS) is 10.6. The smallest absolute Gasteiger partial charge is 0.281 e. The molecule has 2 amide bonds. The van der Waals surface area contributed by atoms with E-state index in [-0.39, 0.29) is 12.3 Å². The molecule has 0 bridgehead atoms. The highest BCUT2D eigenvalue weighted by atomic mass is 32.1. The molecule has 2 aromatic heterocycles. The van der Waals surface area contributed by atoms with Crippen LogP contribution in [0.3, 0.4) is 0 Å². The fraction of sp³-hybridized carbons (Fsp3) is 0.167. The van der Waals surface area contributed by atoms with Crippen LogP contribution in [0.4, 0.5) is 0 Å². The van der Waals surface area contributed by atoms with Gasteiger partial charge < -0.3 is 4.74 Å². The van der Waals surface area contributed by atoms with E-state index in [4.69, 9.17) is 4.74 Å². The van der Waals surface area contributed by atoms with E-state index in [0.717, 1.165) is 26.9 Å². The lowest BCUT2D eigenvalue weighted by molar-refractivity contribution is -0.121. The Hall–Kier alpha value is -3.56. The lowest BCUT2D eigenvalue weighted by atomic mass is 10.2. The van der Waals surface area contributed by atoms with E-state index in [2.05, 4.69) is 20.8 Å². The fourth-order valence-electron chi connectivity index (χ4n) is 3.14. The molecule has 4 rings (SSSR count). The summed E-state index contributed by atoms with van der Waals surface area (Å²) < 4.78 is 5.66. The molecule has 0 unspecified atom stereocenters. The van der Waals surface area contributed by atoms with Gasteiger partial charge in [-0.1, -0.05) is 42.5 Å². The zero-order valence-corrected chi connectivity index (χ0v) is 19.8. The Morgan fingerprint density at radius 3 is 2.52 bits per heavy atom. The van der Waals surface area contributed by atoms with Gasteiger partial charge in [0.1, 0.15) is 20.6 Å². The minimum absolute atomic E-state index is 0.0462. The molecule has 0 saturated carbocycles. The van der Waals surface area contributed by atoms with Gasteiger partial charge in [0.2, 0.25) is 5.91 Å². The first kappa shape index (κ1) is 22.6. The van der Waals surface area contributed by atoms with Gasteiger partial charge >= 0.3 is 0 Å². The molecule has 0 saturated heterocycles. The number of thiazole rings is 2. The molecule has 0 aliphatic rings. The van der Waals surface area contributed by atoms with Crippen LogP contribution in [0.15, 0.2) is 60.0 Å². The summed E-state index contributed by atoms with van der Waals surface area (Å²) in [6.07, 6.45) is 0.0462. The molecule has 0 radical (unpaired) electrons.